The van der Waals surface area contributed by atoms with E-state index >= 15 is 0 Å². The molecule has 3 heterocycles. The third-order valence-corrected chi connectivity index (χ3v) is 10.1. The molecule has 2 N–H and O–H groups in total. The minimum atomic E-state index is -4.43. The van der Waals surface area contributed by atoms with Gasteiger partial charge in [0.1, 0.15) is 10.7 Å². The zero-order valence-corrected chi connectivity index (χ0v) is 26.1. The number of hydrogen-bond donors (Lipinski definition) is 2. The highest BCUT2D eigenvalue weighted by Gasteiger charge is 2.34. The predicted octanol–water partition coefficient (Wildman–Crippen LogP) is 9.22. The summed E-state index contributed by atoms with van der Waals surface area (Å²) in [6.45, 7) is 3.88. The second-order valence-electron chi connectivity index (χ2n) is 11.1. The number of alkyl halides is 3. The van der Waals surface area contributed by atoms with Gasteiger partial charge in [0.15, 0.2) is 0 Å². The summed E-state index contributed by atoms with van der Waals surface area (Å²) in [5.74, 6) is 1.22. The average Bonchev–Trinajstić information content (AvgIpc) is 3.76. The van der Waals surface area contributed by atoms with Gasteiger partial charge in [-0.15, -0.1) is 23.1 Å². The van der Waals surface area contributed by atoms with E-state index in [2.05, 4.69) is 17.2 Å². The molecule has 10 heteroatoms. The van der Waals surface area contributed by atoms with Crippen LogP contribution in [0.15, 0.2) is 54.6 Å². The number of thiazole rings is 1. The fourth-order valence-corrected chi connectivity index (χ4v) is 7.67. The summed E-state index contributed by atoms with van der Waals surface area (Å²) < 4.78 is 39.8. The number of para-hydroxylation sites is 1. The molecule has 5 nitrogen and oxygen atoms in total. The molecule has 0 aliphatic carbocycles. The molecular weight excluding hydrogens is 590 g/mol. The van der Waals surface area contributed by atoms with Gasteiger partial charge in [-0.05, 0) is 42.8 Å². The molecule has 1 fully saturated rings. The average molecular weight is 629 g/mol. The number of aromatic nitrogens is 2. The Bertz CT molecular complexity index is 1450. The first-order chi connectivity index (χ1) is 20.8. The number of unbranched alkanes of at least 4 members (excludes halogenated alkanes) is 7. The van der Waals surface area contributed by atoms with Crippen LogP contribution in [0.1, 0.15) is 74.3 Å². The summed E-state index contributed by atoms with van der Waals surface area (Å²) in [7, 11) is 0. The maximum atomic E-state index is 14.0. The van der Waals surface area contributed by atoms with Crippen molar-refractivity contribution in [1.82, 2.24) is 20.2 Å². The van der Waals surface area contributed by atoms with Crippen LogP contribution in [0.3, 0.4) is 0 Å². The summed E-state index contributed by atoms with van der Waals surface area (Å²) in [5, 5.41) is 5.20. The Labute approximate surface area is 259 Å². The second-order valence-corrected chi connectivity index (χ2v) is 13.1. The quantitative estimate of drug-likeness (QED) is 0.137. The zero-order chi connectivity index (χ0) is 30.2. The van der Waals surface area contributed by atoms with Crippen LogP contribution in [-0.2, 0) is 6.18 Å². The molecule has 43 heavy (non-hydrogen) atoms. The number of fused-ring (bicyclic) bond motifs is 1. The zero-order valence-electron chi connectivity index (χ0n) is 24.5. The smallest absolute Gasteiger partial charge is 0.353 e. The van der Waals surface area contributed by atoms with E-state index in [9.17, 15) is 18.0 Å². The molecule has 0 bridgehead atoms. The number of nitrogens with one attached hydrogen (secondary N) is 2. The van der Waals surface area contributed by atoms with E-state index in [0.717, 1.165) is 47.4 Å². The highest BCUT2D eigenvalue weighted by molar-refractivity contribution is 7.99. The third-order valence-electron chi connectivity index (χ3n) is 7.89. The van der Waals surface area contributed by atoms with Gasteiger partial charge in [-0.3, -0.25) is 4.79 Å². The standard InChI is InChI=1S/C33H39F3N4OS2/c1-2-3-4-5-6-7-8-11-18-37-20-26-21-42-22-40(26)32(41)29-30(23-14-16-25(17-15-23)33(34,35)36)43-31(39-29)28-19-24-12-9-10-13-27(24)38-28/h9-10,12-17,19,26,37-38H,2-8,11,18,20-22H2,1H3/t26-/m1/s1. The number of benzene rings is 2. The highest BCUT2D eigenvalue weighted by atomic mass is 32.2. The fraction of sp³-hybridized carbons (Fsp3) is 0.455. The van der Waals surface area contributed by atoms with E-state index in [4.69, 9.17) is 4.98 Å². The van der Waals surface area contributed by atoms with Crippen molar-refractivity contribution in [2.75, 3.05) is 24.7 Å². The number of rotatable bonds is 14. The SMILES string of the molecule is CCCCCCCCCCNC[C@@H]1CSCN1C(=O)c1nc(-c2cc3ccccc3[nH]2)sc1-c1ccc(C(F)(F)F)cc1. The first-order valence-electron chi connectivity index (χ1n) is 15.2. The van der Waals surface area contributed by atoms with Crippen molar-refractivity contribution in [3.05, 3.63) is 65.9 Å². The number of hydrogen-bond acceptors (Lipinski definition) is 5. The lowest BCUT2D eigenvalue weighted by Crippen LogP contribution is -2.43. The Kier molecular flexibility index (Phi) is 10.9. The van der Waals surface area contributed by atoms with Crippen LogP contribution >= 0.6 is 23.1 Å². The summed E-state index contributed by atoms with van der Waals surface area (Å²) in [6.07, 6.45) is 5.74. The van der Waals surface area contributed by atoms with Gasteiger partial charge in [-0.1, -0.05) is 82.2 Å². The number of amides is 1. The van der Waals surface area contributed by atoms with Crippen LogP contribution in [0, 0.1) is 0 Å². The number of thioether (sulfide) groups is 1. The van der Waals surface area contributed by atoms with Crippen molar-refractivity contribution in [3.63, 3.8) is 0 Å². The lowest BCUT2D eigenvalue weighted by atomic mass is 10.1. The molecule has 1 atom stereocenters. The molecule has 0 unspecified atom stereocenters. The van der Waals surface area contributed by atoms with Crippen molar-refractivity contribution in [2.45, 2.75) is 70.5 Å². The molecule has 1 aliphatic rings. The van der Waals surface area contributed by atoms with Crippen molar-refractivity contribution in [2.24, 2.45) is 0 Å². The van der Waals surface area contributed by atoms with Gasteiger partial charge in [-0.25, -0.2) is 4.98 Å². The molecule has 1 saturated heterocycles. The molecular formula is C33H39F3N4OS2. The molecule has 2 aromatic heterocycles. The third kappa shape index (κ3) is 8.02. The van der Waals surface area contributed by atoms with Crippen LogP contribution in [-0.4, -0.2) is 51.5 Å². The molecule has 5 rings (SSSR count). The van der Waals surface area contributed by atoms with Crippen molar-refractivity contribution < 1.29 is 18.0 Å². The van der Waals surface area contributed by atoms with Gasteiger partial charge < -0.3 is 15.2 Å². The van der Waals surface area contributed by atoms with E-state index in [1.54, 1.807) is 11.8 Å². The summed E-state index contributed by atoms with van der Waals surface area (Å²) in [4.78, 5) is 24.6. The molecule has 1 aliphatic heterocycles. The second kappa shape index (κ2) is 14.8. The van der Waals surface area contributed by atoms with E-state index in [0.29, 0.717) is 27.9 Å². The van der Waals surface area contributed by atoms with Gasteiger partial charge in [0.2, 0.25) is 0 Å². The van der Waals surface area contributed by atoms with Crippen LogP contribution in [0.2, 0.25) is 0 Å². The van der Waals surface area contributed by atoms with Crippen molar-refractivity contribution >= 4 is 39.9 Å². The molecule has 2 aromatic carbocycles. The Morgan fingerprint density at radius 2 is 1.74 bits per heavy atom. The number of carbonyl (C=O) groups excluding carboxylic acids is 1. The Morgan fingerprint density at radius 1 is 1.02 bits per heavy atom. The van der Waals surface area contributed by atoms with Crippen molar-refractivity contribution in [1.29, 1.82) is 0 Å². The Morgan fingerprint density at radius 3 is 2.47 bits per heavy atom. The van der Waals surface area contributed by atoms with Gasteiger partial charge >= 0.3 is 6.18 Å². The predicted molar refractivity (Wildman–Crippen MR) is 173 cm³/mol. The van der Waals surface area contributed by atoms with Crippen LogP contribution in [0.25, 0.3) is 32.0 Å². The lowest BCUT2D eigenvalue weighted by molar-refractivity contribution is -0.137. The van der Waals surface area contributed by atoms with Gasteiger partial charge in [0.25, 0.3) is 5.91 Å². The summed E-state index contributed by atoms with van der Waals surface area (Å²) >= 11 is 3.04. The Hall–Kier alpha value is -2.82. The first kappa shape index (κ1) is 31.6. The van der Waals surface area contributed by atoms with Crippen LogP contribution in [0.4, 0.5) is 13.2 Å². The minimum Gasteiger partial charge on any atom is -0.353 e. The monoisotopic (exact) mass is 628 g/mol. The number of carbonyl (C=O) groups is 1. The summed E-state index contributed by atoms with van der Waals surface area (Å²) in [6, 6.07) is 14.9. The number of aromatic amines is 1. The molecule has 0 saturated carbocycles. The Balaban J connectivity index is 1.30. The number of H-pyrrole nitrogens is 1. The van der Waals surface area contributed by atoms with E-state index in [-0.39, 0.29) is 17.6 Å². The van der Waals surface area contributed by atoms with Crippen LogP contribution in [0.5, 0.6) is 0 Å². The maximum absolute atomic E-state index is 14.0. The van der Waals surface area contributed by atoms with E-state index in [1.165, 1.54) is 68.4 Å². The molecule has 0 spiro atoms. The highest BCUT2D eigenvalue weighted by Crippen LogP contribution is 2.39. The van der Waals surface area contributed by atoms with Crippen molar-refractivity contribution in [3.8, 4) is 21.1 Å². The molecule has 230 valence electrons. The fourth-order valence-electron chi connectivity index (χ4n) is 5.44. The van der Waals surface area contributed by atoms with E-state index < -0.39 is 11.7 Å². The molecule has 4 aromatic rings. The molecule has 0 radical (unpaired) electrons. The van der Waals surface area contributed by atoms with Gasteiger partial charge in [-0.2, -0.15) is 13.2 Å². The lowest BCUT2D eigenvalue weighted by Gasteiger charge is -2.24. The maximum Gasteiger partial charge on any atom is 0.416 e. The van der Waals surface area contributed by atoms with E-state index in [1.807, 2.05) is 35.2 Å². The largest absolute Gasteiger partial charge is 0.416 e. The first-order valence-corrected chi connectivity index (χ1v) is 17.2. The summed E-state index contributed by atoms with van der Waals surface area (Å²) in [5.41, 5.74) is 1.84. The molecule has 1 amide bonds. The van der Waals surface area contributed by atoms with Gasteiger partial charge in [0.05, 0.1) is 28.1 Å². The number of nitrogens with zero attached hydrogens (tertiary/aromatic N) is 2. The minimum absolute atomic E-state index is 0.0326. The van der Waals surface area contributed by atoms with Crippen LogP contribution < -0.4 is 5.32 Å². The van der Waals surface area contributed by atoms with Gasteiger partial charge in [0, 0.05) is 23.2 Å². The number of halogens is 3. The topological polar surface area (TPSA) is 61.0 Å². The normalized spacial score (nSPS) is 15.5.